The van der Waals surface area contributed by atoms with E-state index in [4.69, 9.17) is 10.8 Å². The van der Waals surface area contributed by atoms with Crippen molar-refractivity contribution in [3.8, 4) is 0 Å². The molecule has 2 atom stereocenters. The van der Waals surface area contributed by atoms with Crippen LogP contribution in [0.5, 0.6) is 0 Å². The topological polar surface area (TPSA) is 63.3 Å². The second-order valence-corrected chi connectivity index (χ2v) is 4.20. The van der Waals surface area contributed by atoms with Gasteiger partial charge >= 0.3 is 5.97 Å². The largest absolute Gasteiger partial charge is 0.480 e. The molecular weight excluding hydrogens is 162 g/mol. The average Bonchev–Trinajstić information content (AvgIpc) is 2.33. The van der Waals surface area contributed by atoms with E-state index >= 15 is 0 Å². The highest BCUT2D eigenvalue weighted by Gasteiger charge is 2.41. The molecule has 1 aliphatic carbocycles. The zero-order valence-corrected chi connectivity index (χ0v) is 7.36. The lowest BCUT2D eigenvalue weighted by atomic mass is 10.0. The second kappa shape index (κ2) is 3.03. The number of hydrogen-bond acceptors (Lipinski definition) is 3. The van der Waals surface area contributed by atoms with Gasteiger partial charge in [-0.25, -0.2) is 0 Å². The molecular formula is C7H13NO2S. The number of nitrogens with two attached hydrogens (primary N) is 1. The summed E-state index contributed by atoms with van der Waals surface area (Å²) >= 11 is 1.71. The number of hydrogen-bond donors (Lipinski definition) is 2. The first kappa shape index (κ1) is 8.87. The molecule has 1 aliphatic rings. The van der Waals surface area contributed by atoms with E-state index in [0.29, 0.717) is 18.1 Å². The molecule has 0 saturated heterocycles. The van der Waals surface area contributed by atoms with E-state index in [2.05, 4.69) is 0 Å². The molecule has 1 rings (SSSR count). The van der Waals surface area contributed by atoms with E-state index in [1.807, 2.05) is 6.26 Å². The summed E-state index contributed by atoms with van der Waals surface area (Å²) in [6.45, 7) is 0. The van der Waals surface area contributed by atoms with Gasteiger partial charge in [0.1, 0.15) is 5.54 Å². The quantitative estimate of drug-likeness (QED) is 0.648. The fourth-order valence-electron chi connectivity index (χ4n) is 1.42. The Morgan fingerprint density at radius 1 is 1.82 bits per heavy atom. The van der Waals surface area contributed by atoms with E-state index in [1.165, 1.54) is 0 Å². The summed E-state index contributed by atoms with van der Waals surface area (Å²) in [5.41, 5.74) is 4.72. The van der Waals surface area contributed by atoms with Gasteiger partial charge in [-0.2, -0.15) is 11.8 Å². The van der Waals surface area contributed by atoms with Gasteiger partial charge in [0.2, 0.25) is 0 Å². The lowest BCUT2D eigenvalue weighted by Crippen LogP contribution is -2.45. The third-order valence-corrected chi connectivity index (χ3v) is 3.33. The Labute approximate surface area is 70.3 Å². The smallest absolute Gasteiger partial charge is 0.323 e. The zero-order chi connectivity index (χ0) is 8.48. The van der Waals surface area contributed by atoms with Crippen LogP contribution >= 0.6 is 11.8 Å². The van der Waals surface area contributed by atoms with E-state index in [-0.39, 0.29) is 0 Å². The molecule has 0 aliphatic heterocycles. The van der Waals surface area contributed by atoms with Crippen molar-refractivity contribution in [1.82, 2.24) is 0 Å². The summed E-state index contributed by atoms with van der Waals surface area (Å²) in [4.78, 5) is 10.7. The zero-order valence-electron chi connectivity index (χ0n) is 6.54. The van der Waals surface area contributed by atoms with E-state index < -0.39 is 11.5 Å². The Bertz CT molecular complexity index is 174. The van der Waals surface area contributed by atoms with Gasteiger partial charge in [0.25, 0.3) is 0 Å². The standard InChI is InChI=1S/C7H13NO2S/c1-11-5-2-3-7(8,4-5)6(9)10/h5H,2-4,8H2,1H3,(H,9,10). The van der Waals surface area contributed by atoms with Crippen LogP contribution < -0.4 is 5.73 Å². The summed E-state index contributed by atoms with van der Waals surface area (Å²) in [6.07, 6.45) is 4.17. The monoisotopic (exact) mass is 175 g/mol. The van der Waals surface area contributed by atoms with E-state index in [9.17, 15) is 4.79 Å². The minimum Gasteiger partial charge on any atom is -0.480 e. The van der Waals surface area contributed by atoms with Crippen LogP contribution in [-0.4, -0.2) is 28.1 Å². The Kier molecular flexibility index (Phi) is 2.44. The fourth-order valence-corrected chi connectivity index (χ4v) is 2.24. The molecule has 3 N–H and O–H groups in total. The number of aliphatic carboxylic acids is 1. The van der Waals surface area contributed by atoms with Crippen LogP contribution in [0.25, 0.3) is 0 Å². The number of thioether (sulfide) groups is 1. The molecule has 11 heavy (non-hydrogen) atoms. The molecule has 0 aromatic rings. The van der Waals surface area contributed by atoms with E-state index in [1.54, 1.807) is 11.8 Å². The summed E-state index contributed by atoms with van der Waals surface area (Å²) in [7, 11) is 0. The molecule has 1 saturated carbocycles. The van der Waals surface area contributed by atoms with Gasteiger partial charge in [-0.1, -0.05) is 0 Å². The fraction of sp³-hybridized carbons (Fsp3) is 0.857. The van der Waals surface area contributed by atoms with Crippen LogP contribution in [0.2, 0.25) is 0 Å². The second-order valence-electron chi connectivity index (χ2n) is 3.06. The highest BCUT2D eigenvalue weighted by atomic mass is 32.2. The van der Waals surface area contributed by atoms with Crippen molar-refractivity contribution in [2.75, 3.05) is 6.26 Å². The number of carbonyl (C=O) groups is 1. The van der Waals surface area contributed by atoms with Crippen molar-refractivity contribution in [3.05, 3.63) is 0 Å². The summed E-state index contributed by atoms with van der Waals surface area (Å²) < 4.78 is 0. The maximum Gasteiger partial charge on any atom is 0.323 e. The molecule has 0 amide bonds. The lowest BCUT2D eigenvalue weighted by molar-refractivity contribution is -0.143. The van der Waals surface area contributed by atoms with Gasteiger partial charge in [-0.15, -0.1) is 0 Å². The molecule has 2 unspecified atom stereocenters. The van der Waals surface area contributed by atoms with Gasteiger partial charge in [0.15, 0.2) is 0 Å². The Morgan fingerprint density at radius 2 is 2.45 bits per heavy atom. The lowest BCUT2D eigenvalue weighted by Gasteiger charge is -2.17. The maximum atomic E-state index is 10.7. The molecule has 0 aromatic carbocycles. The molecule has 64 valence electrons. The van der Waals surface area contributed by atoms with Crippen LogP contribution in [0.15, 0.2) is 0 Å². The third-order valence-electron chi connectivity index (χ3n) is 2.26. The van der Waals surface area contributed by atoms with Gasteiger partial charge in [0, 0.05) is 5.25 Å². The first-order valence-electron chi connectivity index (χ1n) is 3.63. The normalized spacial score (nSPS) is 37.5. The minimum absolute atomic E-state index is 0.441. The van der Waals surface area contributed by atoms with Crippen LogP contribution in [0, 0.1) is 0 Å². The van der Waals surface area contributed by atoms with Gasteiger partial charge in [-0.05, 0) is 25.5 Å². The van der Waals surface area contributed by atoms with Gasteiger partial charge in [0.05, 0.1) is 0 Å². The Morgan fingerprint density at radius 3 is 2.73 bits per heavy atom. The Hall–Kier alpha value is -0.220. The van der Waals surface area contributed by atoms with Crippen LogP contribution in [0.1, 0.15) is 19.3 Å². The number of carboxylic acid groups (broad SMARTS) is 1. The minimum atomic E-state index is -0.937. The SMILES string of the molecule is CSC1CCC(N)(C(=O)O)C1. The average molecular weight is 175 g/mol. The van der Waals surface area contributed by atoms with Crippen LogP contribution in [0.3, 0.4) is 0 Å². The van der Waals surface area contributed by atoms with Crippen molar-refractivity contribution in [2.45, 2.75) is 30.1 Å². The first-order chi connectivity index (χ1) is 5.08. The molecule has 0 aromatic heterocycles. The highest BCUT2D eigenvalue weighted by molar-refractivity contribution is 7.99. The van der Waals surface area contributed by atoms with Crippen molar-refractivity contribution in [2.24, 2.45) is 5.73 Å². The predicted octanol–water partition coefficient (Wildman–Crippen LogP) is 0.684. The molecule has 0 radical (unpaired) electrons. The molecule has 3 nitrogen and oxygen atoms in total. The molecule has 4 heteroatoms. The van der Waals surface area contributed by atoms with Gasteiger partial charge in [-0.3, -0.25) is 4.79 Å². The summed E-state index contributed by atoms with van der Waals surface area (Å²) in [5.74, 6) is -0.853. The summed E-state index contributed by atoms with van der Waals surface area (Å²) in [5, 5.41) is 9.19. The van der Waals surface area contributed by atoms with Crippen molar-refractivity contribution in [1.29, 1.82) is 0 Å². The number of rotatable bonds is 2. The summed E-state index contributed by atoms with van der Waals surface area (Å²) in [6, 6.07) is 0. The third kappa shape index (κ3) is 1.68. The molecule has 0 heterocycles. The predicted molar refractivity (Wildman–Crippen MR) is 45.7 cm³/mol. The van der Waals surface area contributed by atoms with Crippen LogP contribution in [-0.2, 0) is 4.79 Å². The van der Waals surface area contributed by atoms with Crippen molar-refractivity contribution >= 4 is 17.7 Å². The molecule has 1 fully saturated rings. The van der Waals surface area contributed by atoms with Gasteiger partial charge < -0.3 is 10.8 Å². The first-order valence-corrected chi connectivity index (χ1v) is 4.92. The molecule has 0 spiro atoms. The highest BCUT2D eigenvalue weighted by Crippen LogP contribution is 2.34. The number of carboxylic acids is 1. The Balaban J connectivity index is 2.57. The van der Waals surface area contributed by atoms with Crippen LogP contribution in [0.4, 0.5) is 0 Å². The maximum absolute atomic E-state index is 10.7. The molecule has 0 bridgehead atoms. The van der Waals surface area contributed by atoms with Crippen molar-refractivity contribution in [3.63, 3.8) is 0 Å². The van der Waals surface area contributed by atoms with E-state index in [0.717, 1.165) is 6.42 Å². The van der Waals surface area contributed by atoms with Crippen molar-refractivity contribution < 1.29 is 9.90 Å².